The Kier molecular flexibility index (Phi) is 6.05. The van der Waals surface area contributed by atoms with Crippen molar-refractivity contribution in [2.24, 2.45) is 0 Å². The van der Waals surface area contributed by atoms with E-state index < -0.39 is 0 Å². The molecule has 1 aliphatic heterocycles. The van der Waals surface area contributed by atoms with Crippen molar-refractivity contribution in [1.29, 1.82) is 0 Å². The van der Waals surface area contributed by atoms with Crippen LogP contribution in [0.5, 0.6) is 0 Å². The summed E-state index contributed by atoms with van der Waals surface area (Å²) < 4.78 is 0. The van der Waals surface area contributed by atoms with Crippen molar-refractivity contribution in [3.63, 3.8) is 0 Å². The van der Waals surface area contributed by atoms with Crippen molar-refractivity contribution in [3.8, 4) is 0 Å². The summed E-state index contributed by atoms with van der Waals surface area (Å²) >= 11 is 0. The highest BCUT2D eigenvalue weighted by molar-refractivity contribution is 5.94. The van der Waals surface area contributed by atoms with Crippen LogP contribution in [0.3, 0.4) is 0 Å². The van der Waals surface area contributed by atoms with E-state index >= 15 is 0 Å². The van der Waals surface area contributed by atoms with Gasteiger partial charge in [-0.1, -0.05) is 13.3 Å². The van der Waals surface area contributed by atoms with Gasteiger partial charge in [-0.3, -0.25) is 4.79 Å². The lowest BCUT2D eigenvalue weighted by atomic mass is 10.1. The van der Waals surface area contributed by atoms with E-state index in [4.69, 9.17) is 0 Å². The number of benzene rings is 1. The molecule has 1 amide bonds. The molecule has 1 heterocycles. The monoisotopic (exact) mass is 289 g/mol. The molecule has 116 valence electrons. The Morgan fingerprint density at radius 3 is 2.76 bits per heavy atom. The Bertz CT molecular complexity index is 438. The standard InChI is InChI=1S/C17H27N3O/c1-3-4-12-20(2)16-9-7-14(8-10-16)17(21)19-13-15-6-5-11-18-15/h7-10,15,18H,3-6,11-13H2,1-2H3,(H,19,21). The van der Waals surface area contributed by atoms with Crippen LogP contribution in [-0.2, 0) is 0 Å². The van der Waals surface area contributed by atoms with Crippen LogP contribution in [0.2, 0.25) is 0 Å². The largest absolute Gasteiger partial charge is 0.375 e. The molecular formula is C17H27N3O. The van der Waals surface area contributed by atoms with Crippen molar-refractivity contribution < 1.29 is 4.79 Å². The van der Waals surface area contributed by atoms with Gasteiger partial charge in [0.1, 0.15) is 0 Å². The molecule has 1 aromatic carbocycles. The molecule has 2 N–H and O–H groups in total. The van der Waals surface area contributed by atoms with Gasteiger partial charge in [0.25, 0.3) is 5.91 Å². The number of anilines is 1. The Balaban J connectivity index is 1.84. The second-order valence-corrected chi connectivity index (χ2v) is 5.83. The predicted octanol–water partition coefficient (Wildman–Crippen LogP) is 2.40. The fourth-order valence-electron chi connectivity index (χ4n) is 2.64. The minimum Gasteiger partial charge on any atom is -0.375 e. The summed E-state index contributed by atoms with van der Waals surface area (Å²) in [5.41, 5.74) is 1.90. The van der Waals surface area contributed by atoms with Gasteiger partial charge >= 0.3 is 0 Å². The van der Waals surface area contributed by atoms with Gasteiger partial charge in [-0.25, -0.2) is 0 Å². The Morgan fingerprint density at radius 1 is 1.38 bits per heavy atom. The molecule has 1 unspecified atom stereocenters. The van der Waals surface area contributed by atoms with E-state index in [1.54, 1.807) is 0 Å². The highest BCUT2D eigenvalue weighted by Gasteiger charge is 2.15. The second kappa shape index (κ2) is 8.03. The van der Waals surface area contributed by atoms with Crippen molar-refractivity contribution in [2.45, 2.75) is 38.6 Å². The molecule has 1 atom stereocenters. The predicted molar refractivity (Wildman–Crippen MR) is 88.0 cm³/mol. The Labute approximate surface area is 127 Å². The van der Waals surface area contributed by atoms with Gasteiger partial charge in [0.05, 0.1) is 0 Å². The number of amides is 1. The number of nitrogens with one attached hydrogen (secondary N) is 2. The first-order valence-corrected chi connectivity index (χ1v) is 8.03. The molecule has 0 saturated carbocycles. The quantitative estimate of drug-likeness (QED) is 0.810. The van der Waals surface area contributed by atoms with Crippen LogP contribution in [-0.4, -0.2) is 38.6 Å². The lowest BCUT2D eigenvalue weighted by Gasteiger charge is -2.19. The molecule has 1 fully saturated rings. The van der Waals surface area contributed by atoms with E-state index in [2.05, 4.69) is 29.5 Å². The van der Waals surface area contributed by atoms with Gasteiger partial charge in [-0.15, -0.1) is 0 Å². The van der Waals surface area contributed by atoms with Gasteiger partial charge in [0.2, 0.25) is 0 Å². The van der Waals surface area contributed by atoms with Crippen molar-refractivity contribution >= 4 is 11.6 Å². The van der Waals surface area contributed by atoms with E-state index in [1.807, 2.05) is 24.3 Å². The average Bonchev–Trinajstić information content (AvgIpc) is 3.04. The number of carbonyl (C=O) groups is 1. The molecule has 1 aromatic rings. The summed E-state index contributed by atoms with van der Waals surface area (Å²) in [5, 5.41) is 6.39. The van der Waals surface area contributed by atoms with E-state index in [0.717, 1.165) is 37.3 Å². The van der Waals surface area contributed by atoms with Crippen LogP contribution >= 0.6 is 0 Å². The summed E-state index contributed by atoms with van der Waals surface area (Å²) in [7, 11) is 2.09. The van der Waals surface area contributed by atoms with E-state index in [9.17, 15) is 4.79 Å². The SMILES string of the molecule is CCCCN(C)c1ccc(C(=O)NCC2CCCN2)cc1. The highest BCUT2D eigenvalue weighted by Crippen LogP contribution is 2.14. The van der Waals surface area contributed by atoms with Gasteiger partial charge < -0.3 is 15.5 Å². The summed E-state index contributed by atoms with van der Waals surface area (Å²) in [6, 6.07) is 8.31. The molecule has 1 saturated heterocycles. The summed E-state index contributed by atoms with van der Waals surface area (Å²) in [6.07, 6.45) is 4.74. The number of hydrogen-bond acceptors (Lipinski definition) is 3. The molecule has 1 aliphatic rings. The number of carbonyl (C=O) groups excluding carboxylic acids is 1. The van der Waals surface area contributed by atoms with Gasteiger partial charge in [-0.05, 0) is 50.1 Å². The summed E-state index contributed by atoms with van der Waals surface area (Å²) in [6.45, 7) is 5.03. The number of hydrogen-bond donors (Lipinski definition) is 2. The molecule has 0 aliphatic carbocycles. The molecule has 0 spiro atoms. The molecule has 2 rings (SSSR count). The van der Waals surface area contributed by atoms with Crippen molar-refractivity contribution in [1.82, 2.24) is 10.6 Å². The Hall–Kier alpha value is -1.55. The topological polar surface area (TPSA) is 44.4 Å². The normalized spacial score (nSPS) is 17.7. The van der Waals surface area contributed by atoms with Crippen LogP contribution in [0.4, 0.5) is 5.69 Å². The minimum absolute atomic E-state index is 0.0199. The van der Waals surface area contributed by atoms with E-state index in [0.29, 0.717) is 6.04 Å². The summed E-state index contributed by atoms with van der Waals surface area (Å²) in [4.78, 5) is 14.3. The molecule has 0 radical (unpaired) electrons. The maximum Gasteiger partial charge on any atom is 0.251 e. The number of unbranched alkanes of at least 4 members (excludes halogenated alkanes) is 1. The van der Waals surface area contributed by atoms with Crippen LogP contribution < -0.4 is 15.5 Å². The van der Waals surface area contributed by atoms with Crippen molar-refractivity contribution in [2.75, 3.05) is 31.6 Å². The zero-order chi connectivity index (χ0) is 15.1. The second-order valence-electron chi connectivity index (χ2n) is 5.83. The van der Waals surface area contributed by atoms with Gasteiger partial charge in [0, 0.05) is 37.4 Å². The van der Waals surface area contributed by atoms with Gasteiger partial charge in [0.15, 0.2) is 0 Å². The molecule has 0 aromatic heterocycles. The van der Waals surface area contributed by atoms with Crippen LogP contribution in [0, 0.1) is 0 Å². The lowest BCUT2D eigenvalue weighted by molar-refractivity contribution is 0.0950. The zero-order valence-electron chi connectivity index (χ0n) is 13.2. The fourth-order valence-corrected chi connectivity index (χ4v) is 2.64. The van der Waals surface area contributed by atoms with Crippen LogP contribution in [0.1, 0.15) is 43.0 Å². The lowest BCUT2D eigenvalue weighted by Crippen LogP contribution is -2.37. The third-order valence-electron chi connectivity index (χ3n) is 4.09. The Morgan fingerprint density at radius 2 is 2.14 bits per heavy atom. The smallest absolute Gasteiger partial charge is 0.251 e. The average molecular weight is 289 g/mol. The number of nitrogens with zero attached hydrogens (tertiary/aromatic N) is 1. The minimum atomic E-state index is 0.0199. The summed E-state index contributed by atoms with van der Waals surface area (Å²) in [5.74, 6) is 0.0199. The van der Waals surface area contributed by atoms with Crippen LogP contribution in [0.25, 0.3) is 0 Å². The maximum atomic E-state index is 12.1. The first-order chi connectivity index (χ1) is 10.2. The van der Waals surface area contributed by atoms with E-state index in [1.165, 1.54) is 19.3 Å². The van der Waals surface area contributed by atoms with Gasteiger partial charge in [-0.2, -0.15) is 0 Å². The number of rotatable bonds is 7. The maximum absolute atomic E-state index is 12.1. The van der Waals surface area contributed by atoms with Crippen LogP contribution in [0.15, 0.2) is 24.3 Å². The van der Waals surface area contributed by atoms with E-state index in [-0.39, 0.29) is 5.91 Å². The first kappa shape index (κ1) is 15.8. The third-order valence-corrected chi connectivity index (χ3v) is 4.09. The molecule has 4 nitrogen and oxygen atoms in total. The fraction of sp³-hybridized carbons (Fsp3) is 0.588. The molecule has 0 bridgehead atoms. The van der Waals surface area contributed by atoms with Crippen molar-refractivity contribution in [3.05, 3.63) is 29.8 Å². The molecule has 21 heavy (non-hydrogen) atoms. The first-order valence-electron chi connectivity index (χ1n) is 8.03. The molecule has 4 heteroatoms. The molecular weight excluding hydrogens is 262 g/mol. The zero-order valence-corrected chi connectivity index (χ0v) is 13.2. The highest BCUT2D eigenvalue weighted by atomic mass is 16.1. The third kappa shape index (κ3) is 4.74.